The Kier molecular flexibility index (Phi) is 3.90. The highest BCUT2D eigenvalue weighted by molar-refractivity contribution is 9.09. The second kappa shape index (κ2) is 4.51. The highest BCUT2D eigenvalue weighted by Gasteiger charge is 2.25. The minimum atomic E-state index is -2.20. The third kappa shape index (κ3) is 2.98. The second-order valence-electron chi connectivity index (χ2n) is 3.43. The molecule has 0 saturated carbocycles. The summed E-state index contributed by atoms with van der Waals surface area (Å²) in [6.07, 6.45) is -1.18. The molecule has 1 rings (SSSR count). The van der Waals surface area contributed by atoms with Gasteiger partial charge in [-0.05, 0) is 18.9 Å². The normalized spacial score (nSPS) is 32.8. The topological polar surface area (TPSA) is 3.24 Å². The van der Waals surface area contributed by atoms with E-state index in [1.807, 2.05) is 4.90 Å². The van der Waals surface area contributed by atoms with Gasteiger partial charge in [0, 0.05) is 11.4 Å². The molecule has 0 radical (unpaired) electrons. The van der Waals surface area contributed by atoms with E-state index >= 15 is 0 Å². The molecule has 1 aliphatic rings. The molecule has 0 amide bonds. The van der Waals surface area contributed by atoms with Crippen LogP contribution in [-0.2, 0) is 0 Å². The fourth-order valence-electron chi connectivity index (χ4n) is 1.45. The van der Waals surface area contributed by atoms with E-state index in [1.165, 1.54) is 0 Å². The van der Waals surface area contributed by atoms with Crippen LogP contribution in [0.4, 0.5) is 8.78 Å². The highest BCUT2D eigenvalue weighted by Crippen LogP contribution is 2.23. The van der Waals surface area contributed by atoms with Gasteiger partial charge in [0.15, 0.2) is 0 Å². The molecule has 1 nitrogen and oxygen atoms in total. The van der Waals surface area contributed by atoms with Crippen molar-refractivity contribution in [2.24, 2.45) is 5.92 Å². The number of hydrogen-bond donors (Lipinski definition) is 0. The Bertz CT molecular complexity index is 143. The average Bonchev–Trinajstić information content (AvgIpc) is 1.96. The molecule has 0 aromatic rings. The van der Waals surface area contributed by atoms with Crippen LogP contribution in [0.2, 0.25) is 0 Å². The number of halogens is 3. The first-order valence-corrected chi connectivity index (χ1v) is 5.15. The fourth-order valence-corrected chi connectivity index (χ4v) is 2.12. The van der Waals surface area contributed by atoms with E-state index in [2.05, 4.69) is 22.9 Å². The second-order valence-corrected chi connectivity index (χ2v) is 4.61. The van der Waals surface area contributed by atoms with Crippen LogP contribution in [-0.4, -0.2) is 35.8 Å². The van der Waals surface area contributed by atoms with Gasteiger partial charge in [0.1, 0.15) is 0 Å². The van der Waals surface area contributed by atoms with Crippen molar-refractivity contribution in [2.75, 3.05) is 19.6 Å². The Morgan fingerprint density at radius 2 is 2.25 bits per heavy atom. The number of piperidine rings is 1. The quantitative estimate of drug-likeness (QED) is 0.672. The number of nitrogens with zero attached hydrogens (tertiary/aromatic N) is 1. The number of likely N-dealkylation sites (tertiary alicyclic amines) is 1. The van der Waals surface area contributed by atoms with Gasteiger partial charge in [-0.1, -0.05) is 22.9 Å². The van der Waals surface area contributed by atoms with Crippen molar-refractivity contribution in [3.63, 3.8) is 0 Å². The number of alkyl halides is 3. The number of hydrogen-bond acceptors (Lipinski definition) is 1. The van der Waals surface area contributed by atoms with Crippen LogP contribution in [0.15, 0.2) is 0 Å². The van der Waals surface area contributed by atoms with Crippen LogP contribution in [0.25, 0.3) is 0 Å². The Morgan fingerprint density at radius 1 is 1.58 bits per heavy atom. The standard InChI is InChI=1S/C8H14BrF2N/c1-6-2-3-12(4-7(6)9)5-8(10)11/h6-8H,2-5H2,1H3. The van der Waals surface area contributed by atoms with Gasteiger partial charge < -0.3 is 0 Å². The van der Waals surface area contributed by atoms with Crippen molar-refractivity contribution in [2.45, 2.75) is 24.6 Å². The minimum Gasteiger partial charge on any atom is -0.297 e. The van der Waals surface area contributed by atoms with Crippen LogP contribution in [0.1, 0.15) is 13.3 Å². The van der Waals surface area contributed by atoms with Crippen LogP contribution < -0.4 is 0 Å². The maximum absolute atomic E-state index is 12.0. The van der Waals surface area contributed by atoms with E-state index in [9.17, 15) is 8.78 Å². The summed E-state index contributed by atoms with van der Waals surface area (Å²) in [4.78, 5) is 2.20. The van der Waals surface area contributed by atoms with Gasteiger partial charge in [-0.2, -0.15) is 0 Å². The summed E-state index contributed by atoms with van der Waals surface area (Å²) < 4.78 is 24.0. The van der Waals surface area contributed by atoms with E-state index in [0.717, 1.165) is 19.5 Å². The summed E-state index contributed by atoms with van der Waals surface area (Å²) in [5.41, 5.74) is 0. The molecule has 0 N–H and O–H groups in total. The summed E-state index contributed by atoms with van der Waals surface area (Å²) in [5.74, 6) is 0.610. The monoisotopic (exact) mass is 241 g/mol. The Balaban J connectivity index is 2.30. The SMILES string of the molecule is CC1CCN(CC(F)F)CC1Br. The van der Waals surface area contributed by atoms with Crippen molar-refractivity contribution in [3.8, 4) is 0 Å². The van der Waals surface area contributed by atoms with Gasteiger partial charge >= 0.3 is 0 Å². The molecule has 1 heterocycles. The highest BCUT2D eigenvalue weighted by atomic mass is 79.9. The molecule has 2 unspecified atom stereocenters. The Morgan fingerprint density at radius 3 is 2.75 bits per heavy atom. The lowest BCUT2D eigenvalue weighted by atomic mass is 9.99. The van der Waals surface area contributed by atoms with Crippen molar-refractivity contribution in [1.29, 1.82) is 0 Å². The van der Waals surface area contributed by atoms with Crippen LogP contribution >= 0.6 is 15.9 Å². The zero-order valence-corrected chi connectivity index (χ0v) is 8.73. The first-order chi connectivity index (χ1) is 5.59. The van der Waals surface area contributed by atoms with E-state index in [-0.39, 0.29) is 6.54 Å². The first-order valence-electron chi connectivity index (χ1n) is 4.24. The van der Waals surface area contributed by atoms with Gasteiger partial charge in [-0.25, -0.2) is 8.78 Å². The van der Waals surface area contributed by atoms with Crippen LogP contribution in [0.5, 0.6) is 0 Å². The molecular formula is C8H14BrF2N. The maximum Gasteiger partial charge on any atom is 0.251 e. The average molecular weight is 242 g/mol. The third-order valence-corrected chi connectivity index (χ3v) is 3.54. The van der Waals surface area contributed by atoms with Crippen molar-refractivity contribution < 1.29 is 8.78 Å². The summed E-state index contributed by atoms with van der Waals surface area (Å²) in [6.45, 7) is 3.65. The lowest BCUT2D eigenvalue weighted by molar-refractivity contribution is 0.0734. The van der Waals surface area contributed by atoms with E-state index in [1.54, 1.807) is 0 Å². The molecule has 4 heteroatoms. The van der Waals surface area contributed by atoms with Gasteiger partial charge in [0.25, 0.3) is 6.43 Å². The lowest BCUT2D eigenvalue weighted by Crippen LogP contribution is -2.42. The van der Waals surface area contributed by atoms with Gasteiger partial charge in [-0.15, -0.1) is 0 Å². The predicted molar refractivity (Wildman–Crippen MR) is 48.9 cm³/mol. The lowest BCUT2D eigenvalue weighted by Gasteiger charge is -2.33. The zero-order chi connectivity index (χ0) is 9.14. The molecule has 12 heavy (non-hydrogen) atoms. The van der Waals surface area contributed by atoms with Crippen LogP contribution in [0.3, 0.4) is 0 Å². The Hall–Kier alpha value is 0.300. The van der Waals surface area contributed by atoms with Gasteiger partial charge in [0.05, 0.1) is 6.54 Å². The van der Waals surface area contributed by atoms with Crippen molar-refractivity contribution in [1.82, 2.24) is 4.90 Å². The summed E-state index contributed by atoms with van der Waals surface area (Å²) in [6, 6.07) is 0. The molecular weight excluding hydrogens is 228 g/mol. The maximum atomic E-state index is 12.0. The minimum absolute atomic E-state index is 0.0746. The molecule has 0 bridgehead atoms. The van der Waals surface area contributed by atoms with Crippen molar-refractivity contribution in [3.05, 3.63) is 0 Å². The van der Waals surface area contributed by atoms with Crippen molar-refractivity contribution >= 4 is 15.9 Å². The van der Waals surface area contributed by atoms with E-state index < -0.39 is 6.43 Å². The largest absolute Gasteiger partial charge is 0.297 e. The summed E-state index contributed by atoms with van der Waals surface area (Å²) >= 11 is 3.50. The molecule has 0 aliphatic carbocycles. The smallest absolute Gasteiger partial charge is 0.251 e. The van der Waals surface area contributed by atoms with Gasteiger partial charge in [0.2, 0.25) is 0 Å². The molecule has 1 fully saturated rings. The molecule has 2 atom stereocenters. The van der Waals surface area contributed by atoms with E-state index in [0.29, 0.717) is 10.7 Å². The molecule has 1 aliphatic heterocycles. The molecule has 1 saturated heterocycles. The molecule has 72 valence electrons. The van der Waals surface area contributed by atoms with Crippen LogP contribution in [0, 0.1) is 5.92 Å². The summed E-state index contributed by atoms with van der Waals surface area (Å²) in [5, 5.41) is 0. The predicted octanol–water partition coefficient (Wildman–Crippen LogP) is 2.36. The summed E-state index contributed by atoms with van der Waals surface area (Å²) in [7, 11) is 0. The first kappa shape index (κ1) is 10.4. The van der Waals surface area contributed by atoms with E-state index in [4.69, 9.17) is 0 Å². The number of rotatable bonds is 2. The molecule has 0 spiro atoms. The Labute approximate surface area is 80.2 Å². The fraction of sp³-hybridized carbons (Fsp3) is 1.00. The molecule has 0 aromatic carbocycles. The zero-order valence-electron chi connectivity index (χ0n) is 7.14. The molecule has 0 aromatic heterocycles. The van der Waals surface area contributed by atoms with Gasteiger partial charge in [-0.3, -0.25) is 4.90 Å². The third-order valence-electron chi connectivity index (χ3n) is 2.35.